The van der Waals surface area contributed by atoms with E-state index >= 15 is 0 Å². The minimum absolute atomic E-state index is 0.157. The highest BCUT2D eigenvalue weighted by Crippen LogP contribution is 2.40. The number of halogens is 3. The van der Waals surface area contributed by atoms with E-state index in [1.165, 1.54) is 25.4 Å². The van der Waals surface area contributed by atoms with Crippen LogP contribution in [0, 0.1) is 10.1 Å². The molecule has 2 N–H and O–H groups in total. The van der Waals surface area contributed by atoms with Crippen LogP contribution in [0.1, 0.15) is 12.2 Å². The molecule has 0 bridgehead atoms. The lowest BCUT2D eigenvalue weighted by atomic mass is 9.97. The van der Waals surface area contributed by atoms with E-state index in [9.17, 15) is 28.4 Å². The van der Waals surface area contributed by atoms with Crippen LogP contribution in [-0.4, -0.2) is 37.3 Å². The lowest BCUT2D eigenvalue weighted by molar-refractivity contribution is -0.385. The minimum Gasteiger partial charge on any atom is -0.374 e. The molecular weight excluding hydrogens is 331 g/mol. The van der Waals surface area contributed by atoms with Gasteiger partial charge in [-0.05, 0) is 6.07 Å². The van der Waals surface area contributed by atoms with Crippen LogP contribution >= 0.6 is 0 Å². The molecule has 2 aromatic rings. The summed E-state index contributed by atoms with van der Waals surface area (Å²) in [7, 11) is 1.35. The van der Waals surface area contributed by atoms with Gasteiger partial charge in [0.1, 0.15) is 17.8 Å². The second-order valence-electron chi connectivity index (χ2n) is 5.06. The van der Waals surface area contributed by atoms with Crippen LogP contribution < -0.4 is 5.32 Å². The summed E-state index contributed by atoms with van der Waals surface area (Å²) in [6.45, 7) is -0.270. The van der Waals surface area contributed by atoms with Crippen molar-refractivity contribution in [1.82, 2.24) is 14.5 Å². The molecular formula is C13H14F3N5O3. The zero-order valence-corrected chi connectivity index (χ0v) is 12.5. The Morgan fingerprint density at radius 2 is 2.08 bits per heavy atom. The molecule has 0 saturated carbocycles. The molecule has 0 amide bonds. The van der Waals surface area contributed by atoms with Crippen LogP contribution in [0.4, 0.5) is 24.7 Å². The molecule has 2 aromatic heterocycles. The van der Waals surface area contributed by atoms with E-state index in [0.717, 1.165) is 17.0 Å². The van der Waals surface area contributed by atoms with E-state index in [-0.39, 0.29) is 18.1 Å². The molecule has 0 aliphatic rings. The number of aromatic nitrogens is 3. The molecule has 2 heterocycles. The first-order chi connectivity index (χ1) is 11.1. The Morgan fingerprint density at radius 1 is 1.38 bits per heavy atom. The number of nitrogens with one attached hydrogen (secondary N) is 1. The number of alkyl halides is 3. The van der Waals surface area contributed by atoms with Crippen LogP contribution in [0.25, 0.3) is 0 Å². The average Bonchev–Trinajstić information content (AvgIpc) is 2.93. The standard InChI is InChI=1S/C13H14F3N5O3/c1-20-7-6-18-11(20)12(22,13(14,15)16)4-5-17-10-3-2-9(8-19-10)21(23)24/h2-3,6-8,22H,4-5H2,1H3,(H,17,19)/t12-/m0/s1. The zero-order valence-electron chi connectivity index (χ0n) is 12.5. The summed E-state index contributed by atoms with van der Waals surface area (Å²) in [6, 6.07) is 2.44. The smallest absolute Gasteiger partial charge is 0.374 e. The summed E-state index contributed by atoms with van der Waals surface area (Å²) in [5.41, 5.74) is -3.36. The largest absolute Gasteiger partial charge is 0.424 e. The Balaban J connectivity index is 2.09. The molecule has 11 heteroatoms. The highest BCUT2D eigenvalue weighted by atomic mass is 19.4. The quantitative estimate of drug-likeness (QED) is 0.612. The molecule has 0 saturated heterocycles. The fourth-order valence-corrected chi connectivity index (χ4v) is 2.11. The normalized spacial score (nSPS) is 14.2. The fraction of sp³-hybridized carbons (Fsp3) is 0.385. The van der Waals surface area contributed by atoms with Gasteiger partial charge >= 0.3 is 6.18 Å². The summed E-state index contributed by atoms with van der Waals surface area (Å²) >= 11 is 0. The molecule has 0 aromatic carbocycles. The first-order valence-corrected chi connectivity index (χ1v) is 6.76. The molecule has 0 radical (unpaired) electrons. The van der Waals surface area contributed by atoms with E-state index in [4.69, 9.17) is 0 Å². The van der Waals surface area contributed by atoms with Crippen LogP contribution in [0.2, 0.25) is 0 Å². The number of imidazole rings is 1. The Labute approximate surface area is 134 Å². The molecule has 0 fully saturated rings. The Kier molecular flexibility index (Phi) is 4.73. The van der Waals surface area contributed by atoms with Gasteiger partial charge in [0.15, 0.2) is 0 Å². The third kappa shape index (κ3) is 3.45. The Morgan fingerprint density at radius 3 is 2.54 bits per heavy atom. The number of anilines is 1. The summed E-state index contributed by atoms with van der Waals surface area (Å²) in [4.78, 5) is 17.2. The van der Waals surface area contributed by atoms with E-state index in [0.29, 0.717) is 0 Å². The predicted molar refractivity (Wildman–Crippen MR) is 77.2 cm³/mol. The van der Waals surface area contributed by atoms with Crippen molar-refractivity contribution in [3.8, 4) is 0 Å². The van der Waals surface area contributed by atoms with Crippen molar-refractivity contribution in [2.24, 2.45) is 7.05 Å². The van der Waals surface area contributed by atoms with Crippen molar-refractivity contribution in [2.75, 3.05) is 11.9 Å². The summed E-state index contributed by atoms with van der Waals surface area (Å²) in [5, 5.41) is 23.2. The Bertz CT molecular complexity index is 716. The van der Waals surface area contributed by atoms with E-state index in [1.54, 1.807) is 0 Å². The second-order valence-corrected chi connectivity index (χ2v) is 5.06. The van der Waals surface area contributed by atoms with E-state index in [1.807, 2.05) is 0 Å². The highest BCUT2D eigenvalue weighted by Gasteiger charge is 2.57. The van der Waals surface area contributed by atoms with Gasteiger partial charge in [-0.1, -0.05) is 0 Å². The number of aryl methyl sites for hydroxylation is 1. The monoisotopic (exact) mass is 345 g/mol. The van der Waals surface area contributed by atoms with Crippen LogP contribution in [0.5, 0.6) is 0 Å². The van der Waals surface area contributed by atoms with Crippen molar-refractivity contribution in [1.29, 1.82) is 0 Å². The number of hydrogen-bond donors (Lipinski definition) is 2. The lowest BCUT2D eigenvalue weighted by Gasteiger charge is -2.30. The van der Waals surface area contributed by atoms with Gasteiger partial charge in [-0.3, -0.25) is 10.1 Å². The van der Waals surface area contributed by atoms with Crippen molar-refractivity contribution in [3.63, 3.8) is 0 Å². The third-order valence-electron chi connectivity index (χ3n) is 3.41. The van der Waals surface area contributed by atoms with E-state index in [2.05, 4.69) is 15.3 Å². The van der Waals surface area contributed by atoms with Gasteiger partial charge in [0.05, 0.1) is 4.92 Å². The number of hydrogen-bond acceptors (Lipinski definition) is 6. The number of nitrogens with zero attached hydrogens (tertiary/aromatic N) is 4. The van der Waals surface area contributed by atoms with Gasteiger partial charge in [0, 0.05) is 38.5 Å². The molecule has 130 valence electrons. The highest BCUT2D eigenvalue weighted by molar-refractivity contribution is 5.40. The number of pyridine rings is 1. The number of rotatable bonds is 6. The summed E-state index contributed by atoms with van der Waals surface area (Å²) in [5.74, 6) is -0.363. The molecule has 2 rings (SSSR count). The SMILES string of the molecule is Cn1ccnc1[C@@](O)(CCNc1ccc([N+](=O)[O-])cn1)C(F)(F)F. The number of aliphatic hydroxyl groups is 1. The van der Waals surface area contributed by atoms with Gasteiger partial charge in [0.25, 0.3) is 5.69 Å². The topological polar surface area (TPSA) is 106 Å². The van der Waals surface area contributed by atoms with Crippen molar-refractivity contribution >= 4 is 11.5 Å². The van der Waals surface area contributed by atoms with E-state index < -0.39 is 28.9 Å². The van der Waals surface area contributed by atoms with Gasteiger partial charge in [-0.15, -0.1) is 0 Å². The molecule has 8 nitrogen and oxygen atoms in total. The maximum atomic E-state index is 13.3. The third-order valence-corrected chi connectivity index (χ3v) is 3.41. The zero-order chi connectivity index (χ0) is 18.0. The Hall–Kier alpha value is -2.69. The molecule has 0 unspecified atom stereocenters. The predicted octanol–water partition coefficient (Wildman–Crippen LogP) is 1.98. The van der Waals surface area contributed by atoms with Gasteiger partial charge < -0.3 is 15.0 Å². The molecule has 0 spiro atoms. The summed E-state index contributed by atoms with van der Waals surface area (Å²) < 4.78 is 41.0. The fourth-order valence-electron chi connectivity index (χ4n) is 2.11. The maximum absolute atomic E-state index is 13.3. The van der Waals surface area contributed by atoms with Crippen LogP contribution in [-0.2, 0) is 12.6 Å². The van der Waals surface area contributed by atoms with Crippen molar-refractivity contribution < 1.29 is 23.2 Å². The average molecular weight is 345 g/mol. The summed E-state index contributed by atoms with van der Waals surface area (Å²) in [6.07, 6.45) is -2.18. The minimum atomic E-state index is -4.92. The van der Waals surface area contributed by atoms with Crippen LogP contribution in [0.15, 0.2) is 30.7 Å². The molecule has 0 aliphatic heterocycles. The van der Waals surface area contributed by atoms with Crippen molar-refractivity contribution in [3.05, 3.63) is 46.7 Å². The van der Waals surface area contributed by atoms with Crippen molar-refractivity contribution in [2.45, 2.75) is 18.2 Å². The molecule has 24 heavy (non-hydrogen) atoms. The second kappa shape index (κ2) is 6.43. The lowest BCUT2D eigenvalue weighted by Crippen LogP contribution is -2.45. The van der Waals surface area contributed by atoms with Gasteiger partial charge in [0.2, 0.25) is 5.60 Å². The van der Waals surface area contributed by atoms with Gasteiger partial charge in [-0.25, -0.2) is 9.97 Å². The first kappa shape index (κ1) is 17.7. The maximum Gasteiger partial charge on any atom is 0.424 e. The van der Waals surface area contributed by atoms with Crippen LogP contribution in [0.3, 0.4) is 0 Å². The number of nitro groups is 1. The van der Waals surface area contributed by atoms with Gasteiger partial charge in [-0.2, -0.15) is 13.2 Å². The molecule has 1 atom stereocenters. The molecule has 0 aliphatic carbocycles. The first-order valence-electron chi connectivity index (χ1n) is 6.76.